The Morgan fingerprint density at radius 3 is 2.62 bits per heavy atom. The number of carbonyl (C=O) groups excluding carboxylic acids is 1. The monoisotopic (exact) mass is 473 g/mol. The molecule has 1 N–H and O–H groups in total. The lowest BCUT2D eigenvalue weighted by Gasteiger charge is -2.19. The topological polar surface area (TPSA) is 82.5 Å². The third-order valence-corrected chi connectivity index (χ3v) is 6.59. The zero-order chi connectivity index (χ0) is 23.7. The molecular weight excluding hydrogens is 450 g/mol. The van der Waals surface area contributed by atoms with Gasteiger partial charge >= 0.3 is 0 Å². The highest BCUT2D eigenvalue weighted by Crippen LogP contribution is 2.32. The molecule has 0 atom stereocenters. The Balaban J connectivity index is 1.43. The van der Waals surface area contributed by atoms with E-state index in [1.54, 1.807) is 34.9 Å². The van der Waals surface area contributed by atoms with Gasteiger partial charge in [0.05, 0.1) is 22.3 Å². The molecule has 0 saturated carbocycles. The number of aromatic nitrogens is 2. The second-order valence-corrected chi connectivity index (χ2v) is 8.96. The number of thioether (sulfide) groups is 1. The number of fused-ring (bicyclic) bond motifs is 2. The Hall–Kier alpha value is -3.78. The van der Waals surface area contributed by atoms with Crippen LogP contribution in [0, 0.1) is 13.8 Å². The average molecular weight is 474 g/mol. The Morgan fingerprint density at radius 2 is 1.79 bits per heavy atom. The van der Waals surface area contributed by atoms with Gasteiger partial charge in [-0.25, -0.2) is 4.98 Å². The second kappa shape index (κ2) is 9.23. The van der Waals surface area contributed by atoms with Gasteiger partial charge in [0.15, 0.2) is 16.7 Å². The molecule has 4 aromatic rings. The maximum absolute atomic E-state index is 13.4. The minimum Gasteiger partial charge on any atom is -0.486 e. The number of nitrogens with zero attached hydrogens (tertiary/aromatic N) is 2. The van der Waals surface area contributed by atoms with E-state index in [4.69, 9.17) is 14.5 Å². The molecule has 2 heterocycles. The third-order valence-electron chi connectivity index (χ3n) is 5.65. The molecule has 0 fully saturated rings. The number of rotatable bonds is 5. The van der Waals surface area contributed by atoms with Gasteiger partial charge in [0.1, 0.15) is 13.2 Å². The van der Waals surface area contributed by atoms with Crippen molar-refractivity contribution in [2.75, 3.05) is 24.3 Å². The lowest BCUT2D eigenvalue weighted by atomic mass is 10.1. The maximum atomic E-state index is 13.4. The Morgan fingerprint density at radius 1 is 1.00 bits per heavy atom. The van der Waals surface area contributed by atoms with Crippen molar-refractivity contribution in [2.45, 2.75) is 19.0 Å². The van der Waals surface area contributed by atoms with Crippen LogP contribution in [0.5, 0.6) is 11.5 Å². The molecule has 172 valence electrons. The molecule has 1 aliphatic heterocycles. The zero-order valence-electron chi connectivity index (χ0n) is 18.8. The molecule has 3 aromatic carbocycles. The third kappa shape index (κ3) is 4.36. The van der Waals surface area contributed by atoms with Crippen LogP contribution in [0.1, 0.15) is 11.1 Å². The predicted molar refractivity (Wildman–Crippen MR) is 134 cm³/mol. The van der Waals surface area contributed by atoms with Gasteiger partial charge < -0.3 is 14.8 Å². The summed E-state index contributed by atoms with van der Waals surface area (Å²) in [5.74, 6) is 1.15. The van der Waals surface area contributed by atoms with Crippen LogP contribution < -0.4 is 20.3 Å². The SMILES string of the molecule is Cc1ccc(-n2c(SCC(=O)Nc3ccc4c(c3)OCCO4)nc3ccccc3c2=O)cc1C. The number of aryl methyl sites for hydroxylation is 2. The Labute approximate surface area is 200 Å². The number of nitrogens with one attached hydrogen (secondary N) is 1. The van der Waals surface area contributed by atoms with Gasteiger partial charge in [-0.1, -0.05) is 30.0 Å². The van der Waals surface area contributed by atoms with Gasteiger partial charge in [0.2, 0.25) is 5.91 Å². The van der Waals surface area contributed by atoms with Crippen molar-refractivity contribution in [1.29, 1.82) is 0 Å². The summed E-state index contributed by atoms with van der Waals surface area (Å²) in [7, 11) is 0. The van der Waals surface area contributed by atoms with Crippen LogP contribution in [0.3, 0.4) is 0 Å². The van der Waals surface area contributed by atoms with Crippen molar-refractivity contribution in [1.82, 2.24) is 9.55 Å². The number of anilines is 1. The fraction of sp³-hybridized carbons (Fsp3) is 0.192. The highest BCUT2D eigenvalue weighted by Gasteiger charge is 2.16. The second-order valence-electron chi connectivity index (χ2n) is 8.02. The maximum Gasteiger partial charge on any atom is 0.266 e. The number of carbonyl (C=O) groups is 1. The minimum atomic E-state index is -0.212. The summed E-state index contributed by atoms with van der Waals surface area (Å²) in [5, 5.41) is 3.87. The summed E-state index contributed by atoms with van der Waals surface area (Å²) in [6, 6.07) is 18.4. The Kier molecular flexibility index (Phi) is 5.98. The van der Waals surface area contributed by atoms with Crippen LogP contribution >= 0.6 is 11.8 Å². The normalized spacial score (nSPS) is 12.5. The van der Waals surface area contributed by atoms with E-state index < -0.39 is 0 Å². The van der Waals surface area contributed by atoms with Gasteiger partial charge in [-0.05, 0) is 61.4 Å². The molecule has 1 aliphatic rings. The quantitative estimate of drug-likeness (QED) is 0.339. The fourth-order valence-electron chi connectivity index (χ4n) is 3.75. The van der Waals surface area contributed by atoms with Crippen LogP contribution in [0.4, 0.5) is 5.69 Å². The molecule has 7 nitrogen and oxygen atoms in total. The number of amides is 1. The van der Waals surface area contributed by atoms with Crippen molar-refractivity contribution >= 4 is 34.3 Å². The first-order chi connectivity index (χ1) is 16.5. The first kappa shape index (κ1) is 22.0. The first-order valence-electron chi connectivity index (χ1n) is 10.9. The molecule has 1 amide bonds. The van der Waals surface area contributed by atoms with E-state index in [2.05, 4.69) is 5.32 Å². The smallest absolute Gasteiger partial charge is 0.266 e. The summed E-state index contributed by atoms with van der Waals surface area (Å²) in [5.41, 5.74) is 3.99. The van der Waals surface area contributed by atoms with Gasteiger partial charge in [0.25, 0.3) is 5.56 Å². The van der Waals surface area contributed by atoms with Crippen LogP contribution in [-0.2, 0) is 4.79 Å². The minimum absolute atomic E-state index is 0.0874. The molecule has 0 bridgehead atoms. The zero-order valence-corrected chi connectivity index (χ0v) is 19.6. The van der Waals surface area contributed by atoms with Gasteiger partial charge in [0, 0.05) is 11.8 Å². The molecule has 34 heavy (non-hydrogen) atoms. The lowest BCUT2D eigenvalue weighted by molar-refractivity contribution is -0.113. The fourth-order valence-corrected chi connectivity index (χ4v) is 4.56. The van der Waals surface area contributed by atoms with Gasteiger partial charge in [-0.15, -0.1) is 0 Å². The summed E-state index contributed by atoms with van der Waals surface area (Å²) < 4.78 is 12.7. The molecule has 0 unspecified atom stereocenters. The largest absolute Gasteiger partial charge is 0.486 e. The molecule has 0 aliphatic carbocycles. The van der Waals surface area contributed by atoms with Crippen LogP contribution in [0.15, 0.2) is 70.6 Å². The average Bonchev–Trinajstić information content (AvgIpc) is 2.85. The molecule has 8 heteroatoms. The first-order valence-corrected chi connectivity index (χ1v) is 11.9. The molecule has 1 aromatic heterocycles. The van der Waals surface area contributed by atoms with Crippen molar-refractivity contribution in [2.24, 2.45) is 0 Å². The summed E-state index contributed by atoms with van der Waals surface area (Å²) in [6.45, 7) is 5.02. The molecule has 0 saturated heterocycles. The molecular formula is C26H23N3O4S. The predicted octanol–water partition coefficient (Wildman–Crippen LogP) is 4.50. The number of ether oxygens (including phenoxy) is 2. The van der Waals surface area contributed by atoms with E-state index in [-0.39, 0.29) is 17.2 Å². The van der Waals surface area contributed by atoms with E-state index in [9.17, 15) is 9.59 Å². The van der Waals surface area contributed by atoms with Crippen molar-refractivity contribution < 1.29 is 14.3 Å². The number of hydrogen-bond acceptors (Lipinski definition) is 6. The van der Waals surface area contributed by atoms with Gasteiger partial charge in [-0.2, -0.15) is 0 Å². The van der Waals surface area contributed by atoms with E-state index in [1.165, 1.54) is 11.8 Å². The molecule has 5 rings (SSSR count). The highest BCUT2D eigenvalue weighted by atomic mass is 32.2. The summed E-state index contributed by atoms with van der Waals surface area (Å²) >= 11 is 1.22. The van der Waals surface area contributed by atoms with Crippen LogP contribution in [-0.4, -0.2) is 34.4 Å². The van der Waals surface area contributed by atoms with E-state index in [0.717, 1.165) is 16.8 Å². The van der Waals surface area contributed by atoms with E-state index in [0.29, 0.717) is 46.5 Å². The van der Waals surface area contributed by atoms with Crippen LogP contribution in [0.25, 0.3) is 16.6 Å². The number of benzene rings is 3. The van der Waals surface area contributed by atoms with E-state index >= 15 is 0 Å². The Bertz CT molecular complexity index is 1460. The van der Waals surface area contributed by atoms with Crippen molar-refractivity contribution in [3.8, 4) is 17.2 Å². The summed E-state index contributed by atoms with van der Waals surface area (Å²) in [4.78, 5) is 30.8. The molecule has 0 spiro atoms. The highest BCUT2D eigenvalue weighted by molar-refractivity contribution is 7.99. The van der Waals surface area contributed by atoms with Crippen LogP contribution in [0.2, 0.25) is 0 Å². The molecule has 0 radical (unpaired) electrons. The van der Waals surface area contributed by atoms with Crippen molar-refractivity contribution in [3.05, 3.63) is 82.1 Å². The van der Waals surface area contributed by atoms with E-state index in [1.807, 2.05) is 44.2 Å². The number of hydrogen-bond donors (Lipinski definition) is 1. The standard InChI is InChI=1S/C26H23N3O4S/c1-16-7-9-19(13-17(16)2)29-25(31)20-5-3-4-6-21(20)28-26(29)34-15-24(30)27-18-8-10-22-23(14-18)33-12-11-32-22/h3-10,13-14H,11-12,15H2,1-2H3,(H,27,30). The summed E-state index contributed by atoms with van der Waals surface area (Å²) in [6.07, 6.45) is 0. The lowest BCUT2D eigenvalue weighted by Crippen LogP contribution is -2.23. The number of para-hydroxylation sites is 1. The van der Waals surface area contributed by atoms with Gasteiger partial charge in [-0.3, -0.25) is 14.2 Å². The van der Waals surface area contributed by atoms with Crippen molar-refractivity contribution in [3.63, 3.8) is 0 Å².